The molecular weight excluding hydrogens is 250 g/mol. The third-order valence-electron chi connectivity index (χ3n) is 0. The quantitative estimate of drug-likeness (QED) is 0.487. The SMILES string of the molecule is [Al+3].[Cr+3].[O-2].[O-2].[O-2].[O-2].[O-2].[Zr+4]. The zero-order valence-electron chi connectivity index (χ0n) is 3.53. The summed E-state index contributed by atoms with van der Waals surface area (Å²) in [6, 6.07) is 0. The van der Waals surface area contributed by atoms with Gasteiger partial charge >= 0.3 is 60.9 Å². The molecule has 0 rings (SSSR count). The van der Waals surface area contributed by atoms with Crippen LogP contribution in [-0.2, 0) is 70.9 Å². The van der Waals surface area contributed by atoms with Gasteiger partial charge in [0, 0.05) is 0 Å². The molecular formula is AlCrO5Zr. The van der Waals surface area contributed by atoms with E-state index in [2.05, 4.69) is 0 Å². The van der Waals surface area contributed by atoms with Gasteiger partial charge < -0.3 is 27.4 Å². The number of rotatable bonds is 0. The zero-order chi connectivity index (χ0) is 0. The Balaban J connectivity index is 0. The van der Waals surface area contributed by atoms with E-state index in [0.717, 1.165) is 0 Å². The summed E-state index contributed by atoms with van der Waals surface area (Å²) in [7, 11) is 0. The van der Waals surface area contributed by atoms with Gasteiger partial charge in [-0.25, -0.2) is 0 Å². The maximum absolute atomic E-state index is 0. The van der Waals surface area contributed by atoms with Crippen LogP contribution in [0.1, 0.15) is 0 Å². The molecule has 8 heteroatoms. The van der Waals surface area contributed by atoms with Crippen LogP contribution in [-0.4, -0.2) is 17.4 Å². The van der Waals surface area contributed by atoms with Crippen LogP contribution in [0.4, 0.5) is 0 Å². The van der Waals surface area contributed by atoms with E-state index in [9.17, 15) is 0 Å². The standard InChI is InChI=1S/Al.Cr.5O.Zr/q2*+3;5*-2;+4. The molecule has 0 saturated heterocycles. The first-order valence-corrected chi connectivity index (χ1v) is 0. The van der Waals surface area contributed by atoms with Crippen molar-refractivity contribution in [2.24, 2.45) is 0 Å². The molecule has 5 nitrogen and oxygen atoms in total. The maximum atomic E-state index is 0. The fraction of sp³-hybridized carbons (Fsp3) is 0. The fourth-order valence-electron chi connectivity index (χ4n) is 0. The molecule has 43 valence electrons. The van der Waals surface area contributed by atoms with Crippen LogP contribution in [0.5, 0.6) is 0 Å². The van der Waals surface area contributed by atoms with Gasteiger partial charge in [-0.15, -0.1) is 0 Å². The van der Waals surface area contributed by atoms with Gasteiger partial charge in [0.15, 0.2) is 0 Å². The molecule has 0 heterocycles. The summed E-state index contributed by atoms with van der Waals surface area (Å²) in [5, 5.41) is 0. The topological polar surface area (TPSA) is 142 Å². The summed E-state index contributed by atoms with van der Waals surface area (Å²) >= 11 is 0. The molecule has 1 radical (unpaired) electrons. The van der Waals surface area contributed by atoms with E-state index < -0.39 is 0 Å². The van der Waals surface area contributed by atoms with Gasteiger partial charge in [-0.3, -0.25) is 0 Å². The fourth-order valence-corrected chi connectivity index (χ4v) is 0. The molecule has 0 atom stereocenters. The van der Waals surface area contributed by atoms with Crippen molar-refractivity contribution in [3.05, 3.63) is 0 Å². The van der Waals surface area contributed by atoms with E-state index in [1.165, 1.54) is 0 Å². The average molecular weight is 250 g/mol. The van der Waals surface area contributed by atoms with Gasteiger partial charge in [0.25, 0.3) is 0 Å². The van der Waals surface area contributed by atoms with Gasteiger partial charge in [-0.2, -0.15) is 0 Å². The van der Waals surface area contributed by atoms with Crippen LogP contribution in [0.3, 0.4) is 0 Å². The minimum absolute atomic E-state index is 0. The summed E-state index contributed by atoms with van der Waals surface area (Å²) in [4.78, 5) is 0. The molecule has 0 spiro atoms. The zero-order valence-corrected chi connectivity index (χ0v) is 8.41. The van der Waals surface area contributed by atoms with E-state index >= 15 is 0 Å². The second-order valence-electron chi connectivity index (χ2n) is 0. The van der Waals surface area contributed by atoms with Crippen molar-refractivity contribution >= 4 is 17.4 Å². The summed E-state index contributed by atoms with van der Waals surface area (Å²) in [6.07, 6.45) is 0. The van der Waals surface area contributed by atoms with E-state index in [4.69, 9.17) is 0 Å². The molecule has 0 unspecified atom stereocenters. The number of hydrogen-bond donors (Lipinski definition) is 0. The Hall–Kier alpha value is 1.75. The van der Waals surface area contributed by atoms with Gasteiger partial charge in [-0.05, 0) is 0 Å². The molecule has 0 bridgehead atoms. The van der Waals surface area contributed by atoms with E-state index in [1.54, 1.807) is 0 Å². The van der Waals surface area contributed by atoms with Crippen LogP contribution in [0, 0.1) is 0 Å². The first-order valence-electron chi connectivity index (χ1n) is 0. The van der Waals surface area contributed by atoms with Crippen molar-refractivity contribution in [1.82, 2.24) is 0 Å². The van der Waals surface area contributed by atoms with Crippen molar-refractivity contribution in [1.29, 1.82) is 0 Å². The molecule has 0 aliphatic carbocycles. The van der Waals surface area contributed by atoms with Crippen molar-refractivity contribution < 1.29 is 70.9 Å². The number of hydrogen-bond acceptors (Lipinski definition) is 0. The van der Waals surface area contributed by atoms with Crippen molar-refractivity contribution in [3.8, 4) is 0 Å². The van der Waals surface area contributed by atoms with Gasteiger partial charge in [0.1, 0.15) is 0 Å². The van der Waals surface area contributed by atoms with E-state index in [1.807, 2.05) is 0 Å². The molecule has 0 N–H and O–H groups in total. The largest absolute Gasteiger partial charge is 4.00 e. The van der Waals surface area contributed by atoms with Crippen LogP contribution in [0.15, 0.2) is 0 Å². The normalized spacial score (nSPS) is 0. The second kappa shape index (κ2) is 172. The third-order valence-corrected chi connectivity index (χ3v) is 0. The van der Waals surface area contributed by atoms with Crippen molar-refractivity contribution in [2.45, 2.75) is 0 Å². The van der Waals surface area contributed by atoms with Crippen molar-refractivity contribution in [2.75, 3.05) is 0 Å². The molecule has 0 aliphatic heterocycles. The van der Waals surface area contributed by atoms with Gasteiger partial charge in [0.2, 0.25) is 0 Å². The van der Waals surface area contributed by atoms with E-state index in [-0.39, 0.29) is 88.3 Å². The molecule has 8 heavy (non-hydrogen) atoms. The molecule has 0 amide bonds. The first kappa shape index (κ1) is 244. The average Bonchev–Trinajstić information content (AvgIpc) is 0. The Labute approximate surface area is 87.8 Å². The molecule has 0 aromatic carbocycles. The Kier molecular flexibility index (Phi) is 5240. The van der Waals surface area contributed by atoms with Gasteiger partial charge in [-0.1, -0.05) is 0 Å². The molecule has 0 aliphatic rings. The Morgan fingerprint density at radius 1 is 0.500 bits per heavy atom. The monoisotopic (exact) mass is 249 g/mol. The third kappa shape index (κ3) is 115. The Morgan fingerprint density at radius 2 is 0.500 bits per heavy atom. The minimum Gasteiger partial charge on any atom is -2.00 e. The Bertz CT molecular complexity index is 12.4. The van der Waals surface area contributed by atoms with Crippen LogP contribution in [0.25, 0.3) is 0 Å². The predicted molar refractivity (Wildman–Crippen MR) is 9.19 cm³/mol. The summed E-state index contributed by atoms with van der Waals surface area (Å²) < 4.78 is 0. The van der Waals surface area contributed by atoms with Gasteiger partial charge in [0.05, 0.1) is 0 Å². The molecule has 0 aromatic rings. The van der Waals surface area contributed by atoms with Crippen molar-refractivity contribution in [3.63, 3.8) is 0 Å². The first-order chi connectivity index (χ1) is 0. The van der Waals surface area contributed by atoms with Crippen LogP contribution in [0.2, 0.25) is 0 Å². The van der Waals surface area contributed by atoms with E-state index in [0.29, 0.717) is 0 Å². The Morgan fingerprint density at radius 3 is 0.500 bits per heavy atom. The second-order valence-corrected chi connectivity index (χ2v) is 0. The maximum Gasteiger partial charge on any atom is 4.00 e. The minimum atomic E-state index is 0. The predicted octanol–water partition coefficient (Wildman–Crippen LogP) is -0.980. The molecule has 0 saturated carbocycles. The summed E-state index contributed by atoms with van der Waals surface area (Å²) in [5.74, 6) is 0. The molecule has 0 aromatic heterocycles. The summed E-state index contributed by atoms with van der Waals surface area (Å²) in [5.41, 5.74) is 0. The molecule has 0 fully saturated rings. The van der Waals surface area contributed by atoms with Crippen LogP contribution < -0.4 is 0 Å². The summed E-state index contributed by atoms with van der Waals surface area (Å²) in [6.45, 7) is 0. The van der Waals surface area contributed by atoms with Crippen LogP contribution >= 0.6 is 0 Å². The smallest absolute Gasteiger partial charge is 2.00 e.